The topological polar surface area (TPSA) is 135 Å². The van der Waals surface area contributed by atoms with Crippen molar-refractivity contribution in [3.63, 3.8) is 0 Å². The number of carbonyl (C=O) groups is 4. The zero-order valence-electron chi connectivity index (χ0n) is 21.9. The van der Waals surface area contributed by atoms with Gasteiger partial charge in [0.2, 0.25) is 17.7 Å². The Morgan fingerprint density at radius 2 is 1.92 bits per heavy atom. The molecule has 4 amide bonds. The third-order valence-electron chi connectivity index (χ3n) is 6.14. The third-order valence-corrected chi connectivity index (χ3v) is 6.14. The summed E-state index contributed by atoms with van der Waals surface area (Å²) >= 11 is 0. The number of aryl methyl sites for hydroxylation is 1. The number of nitrogens with one attached hydrogen (secondary N) is 4. The standard InChI is InChI=1S/C28H36N4O6/c1-19-26(34)29-16-7-17-38-24-12-4-3-11-22(24)27(35)32-23(13-14-25(33)31-19)28(36)30-15-6-9-20-8-5-10-21(18-20)37-2/h3-5,8,10-12,18-19,23H,6-7,9,13-17H2,1-2H3,(H,29,34)(H,30,36)(H,31,33)(H,32,35)/t19?,23-/m0/s1. The normalized spacial score (nSPS) is 19.2. The highest BCUT2D eigenvalue weighted by Gasteiger charge is 2.25. The highest BCUT2D eigenvalue weighted by Crippen LogP contribution is 2.19. The Morgan fingerprint density at radius 3 is 2.74 bits per heavy atom. The number of carbonyl (C=O) groups excluding carboxylic acids is 4. The Balaban J connectivity index is 1.67. The first-order valence-electron chi connectivity index (χ1n) is 12.9. The molecule has 1 aliphatic rings. The molecule has 1 aliphatic heterocycles. The van der Waals surface area contributed by atoms with Gasteiger partial charge in [0.25, 0.3) is 5.91 Å². The van der Waals surface area contributed by atoms with Crippen molar-refractivity contribution < 1.29 is 28.7 Å². The molecule has 0 saturated heterocycles. The van der Waals surface area contributed by atoms with Gasteiger partial charge in [-0.3, -0.25) is 19.2 Å². The number of rotatable bonds is 6. The van der Waals surface area contributed by atoms with Gasteiger partial charge in [0.15, 0.2) is 0 Å². The van der Waals surface area contributed by atoms with Crippen molar-refractivity contribution >= 4 is 23.6 Å². The lowest BCUT2D eigenvalue weighted by Gasteiger charge is -2.21. The predicted octanol–water partition coefficient (Wildman–Crippen LogP) is 1.73. The minimum Gasteiger partial charge on any atom is -0.497 e. The first-order valence-corrected chi connectivity index (χ1v) is 12.9. The maximum Gasteiger partial charge on any atom is 0.255 e. The molecule has 0 fully saturated rings. The van der Waals surface area contributed by atoms with Crippen LogP contribution in [0.5, 0.6) is 11.5 Å². The minimum absolute atomic E-state index is 0.0437. The van der Waals surface area contributed by atoms with Crippen molar-refractivity contribution in [1.29, 1.82) is 0 Å². The molecule has 0 saturated carbocycles. The summed E-state index contributed by atoms with van der Waals surface area (Å²) in [6, 6.07) is 12.8. The van der Waals surface area contributed by atoms with Crippen molar-refractivity contribution in [3.05, 3.63) is 59.7 Å². The van der Waals surface area contributed by atoms with Crippen molar-refractivity contribution in [3.8, 4) is 11.5 Å². The van der Waals surface area contributed by atoms with Gasteiger partial charge < -0.3 is 30.7 Å². The Hall–Kier alpha value is -4.08. The number of amides is 4. The van der Waals surface area contributed by atoms with Crippen LogP contribution in [0.25, 0.3) is 0 Å². The summed E-state index contributed by atoms with van der Waals surface area (Å²) < 4.78 is 11.0. The minimum atomic E-state index is -0.949. The van der Waals surface area contributed by atoms with E-state index in [2.05, 4.69) is 21.3 Å². The predicted molar refractivity (Wildman–Crippen MR) is 142 cm³/mol. The van der Waals surface area contributed by atoms with Gasteiger partial charge >= 0.3 is 0 Å². The van der Waals surface area contributed by atoms with E-state index in [1.165, 1.54) is 0 Å². The largest absolute Gasteiger partial charge is 0.497 e. The summed E-state index contributed by atoms with van der Waals surface area (Å²) in [6.45, 7) is 2.64. The molecule has 38 heavy (non-hydrogen) atoms. The van der Waals surface area contributed by atoms with Crippen LogP contribution in [-0.4, -0.2) is 62.5 Å². The number of hydrogen-bond acceptors (Lipinski definition) is 6. The molecule has 2 aromatic rings. The molecule has 204 valence electrons. The molecule has 0 bridgehead atoms. The fourth-order valence-corrected chi connectivity index (χ4v) is 4.01. The van der Waals surface area contributed by atoms with E-state index >= 15 is 0 Å². The van der Waals surface area contributed by atoms with Crippen LogP contribution in [-0.2, 0) is 20.8 Å². The maximum atomic E-state index is 13.1. The highest BCUT2D eigenvalue weighted by atomic mass is 16.5. The van der Waals surface area contributed by atoms with Crippen LogP contribution in [0, 0.1) is 0 Å². The molecule has 0 spiro atoms. The number of methoxy groups -OCH3 is 1. The lowest BCUT2D eigenvalue weighted by Crippen LogP contribution is -2.49. The number of ether oxygens (including phenoxy) is 2. The molecule has 3 rings (SSSR count). The van der Waals surface area contributed by atoms with Gasteiger partial charge in [-0.2, -0.15) is 0 Å². The first kappa shape index (κ1) is 28.5. The van der Waals surface area contributed by atoms with Gasteiger partial charge in [0, 0.05) is 19.5 Å². The van der Waals surface area contributed by atoms with E-state index in [-0.39, 0.29) is 42.7 Å². The number of benzene rings is 2. The van der Waals surface area contributed by atoms with Crippen LogP contribution < -0.4 is 30.7 Å². The quantitative estimate of drug-likeness (QED) is 0.425. The van der Waals surface area contributed by atoms with Crippen LogP contribution >= 0.6 is 0 Å². The first-order chi connectivity index (χ1) is 18.4. The summed E-state index contributed by atoms with van der Waals surface area (Å²) in [5.74, 6) is -0.381. The molecule has 0 aromatic heterocycles. The van der Waals surface area contributed by atoms with Crippen LogP contribution in [0.2, 0.25) is 0 Å². The van der Waals surface area contributed by atoms with E-state index in [1.54, 1.807) is 38.3 Å². The fourth-order valence-electron chi connectivity index (χ4n) is 4.01. The summed E-state index contributed by atoms with van der Waals surface area (Å²) in [7, 11) is 1.61. The van der Waals surface area contributed by atoms with E-state index in [1.807, 2.05) is 24.3 Å². The zero-order valence-corrected chi connectivity index (χ0v) is 21.9. The summed E-state index contributed by atoms with van der Waals surface area (Å²) in [4.78, 5) is 50.9. The molecule has 1 heterocycles. The number of fused-ring (bicyclic) bond motifs is 1. The molecular formula is C28H36N4O6. The SMILES string of the molecule is COc1cccc(CCCNC(=O)[C@@H]2CCC(=O)NC(C)C(=O)NCCCOc3ccccc3C(=O)N2)c1. The van der Waals surface area contributed by atoms with E-state index in [4.69, 9.17) is 9.47 Å². The second-order valence-corrected chi connectivity index (χ2v) is 9.09. The van der Waals surface area contributed by atoms with Crippen LogP contribution in [0.4, 0.5) is 0 Å². The third kappa shape index (κ3) is 8.79. The monoisotopic (exact) mass is 524 g/mol. The number of hydrogen-bond donors (Lipinski definition) is 4. The van der Waals surface area contributed by atoms with Crippen molar-refractivity contribution in [2.75, 3.05) is 26.8 Å². The van der Waals surface area contributed by atoms with Crippen molar-refractivity contribution in [2.24, 2.45) is 0 Å². The zero-order chi connectivity index (χ0) is 27.3. The summed E-state index contributed by atoms with van der Waals surface area (Å²) in [5.41, 5.74) is 1.38. The number of para-hydroxylation sites is 1. The Morgan fingerprint density at radius 1 is 1.11 bits per heavy atom. The Labute approximate surface area is 222 Å². The average Bonchev–Trinajstić information content (AvgIpc) is 2.92. The van der Waals surface area contributed by atoms with Crippen molar-refractivity contribution in [2.45, 2.75) is 51.1 Å². The molecule has 2 aromatic carbocycles. The van der Waals surface area contributed by atoms with Crippen molar-refractivity contribution in [1.82, 2.24) is 21.3 Å². The van der Waals surface area contributed by atoms with Gasteiger partial charge in [-0.15, -0.1) is 0 Å². The lowest BCUT2D eigenvalue weighted by atomic mass is 10.1. The fraction of sp³-hybridized carbons (Fsp3) is 0.429. The van der Waals surface area contributed by atoms with Crippen LogP contribution in [0.1, 0.15) is 48.5 Å². The Kier molecular flexibility index (Phi) is 11.0. The lowest BCUT2D eigenvalue weighted by molar-refractivity contribution is -0.129. The second kappa shape index (κ2) is 14.6. The van der Waals surface area contributed by atoms with Crippen LogP contribution in [0.3, 0.4) is 0 Å². The van der Waals surface area contributed by atoms with Crippen LogP contribution in [0.15, 0.2) is 48.5 Å². The molecule has 10 heteroatoms. The average molecular weight is 525 g/mol. The molecule has 2 atom stereocenters. The van der Waals surface area contributed by atoms with Gasteiger partial charge in [-0.25, -0.2) is 0 Å². The highest BCUT2D eigenvalue weighted by molar-refractivity contribution is 5.99. The summed E-state index contributed by atoms with van der Waals surface area (Å²) in [6.07, 6.45) is 1.96. The molecule has 1 unspecified atom stereocenters. The van der Waals surface area contributed by atoms with E-state index in [0.717, 1.165) is 17.7 Å². The van der Waals surface area contributed by atoms with Gasteiger partial charge in [0.1, 0.15) is 23.6 Å². The van der Waals surface area contributed by atoms with Gasteiger partial charge in [-0.05, 0) is 62.4 Å². The molecule has 4 N–H and O–H groups in total. The smallest absolute Gasteiger partial charge is 0.255 e. The Bertz CT molecular complexity index is 1120. The van der Waals surface area contributed by atoms with E-state index in [9.17, 15) is 19.2 Å². The molecule has 10 nitrogen and oxygen atoms in total. The van der Waals surface area contributed by atoms with Gasteiger partial charge in [0.05, 0.1) is 19.3 Å². The van der Waals surface area contributed by atoms with E-state index in [0.29, 0.717) is 31.7 Å². The second-order valence-electron chi connectivity index (χ2n) is 9.09. The summed E-state index contributed by atoms with van der Waals surface area (Å²) in [5, 5.41) is 11.0. The van der Waals surface area contributed by atoms with Gasteiger partial charge in [-0.1, -0.05) is 24.3 Å². The van der Waals surface area contributed by atoms with E-state index < -0.39 is 18.0 Å². The molecule has 0 aliphatic carbocycles. The molecular weight excluding hydrogens is 488 g/mol. The molecule has 0 radical (unpaired) electrons. The maximum absolute atomic E-state index is 13.1.